The third kappa shape index (κ3) is 19.0. The molecule has 0 aliphatic heterocycles. The van der Waals surface area contributed by atoms with Crippen molar-refractivity contribution < 1.29 is 73.2 Å². The zero-order valence-corrected chi connectivity index (χ0v) is 34.9. The van der Waals surface area contributed by atoms with E-state index in [4.69, 9.17) is 0 Å². The third-order valence-electron chi connectivity index (χ3n) is 9.43. The summed E-state index contributed by atoms with van der Waals surface area (Å²) in [7, 11) is 0. The second-order valence-corrected chi connectivity index (χ2v) is 15.0. The van der Waals surface area contributed by atoms with Gasteiger partial charge in [0.1, 0.15) is 42.3 Å². The molecule has 9 atom stereocenters. The number of amides is 7. The molecule has 0 fully saturated rings. The Hall–Kier alpha value is -5.83. The van der Waals surface area contributed by atoms with Crippen molar-refractivity contribution in [3.63, 3.8) is 0 Å². The number of carbonyl (C=O) groups excluding carboxylic acids is 7. The molecule has 0 saturated carbocycles. The Morgan fingerprint density at radius 2 is 0.763 bits per heavy atom. The fraction of sp³-hybridized carbons (Fsp3) is 0.703. The molecule has 7 amide bonds. The van der Waals surface area contributed by atoms with E-state index in [-0.39, 0.29) is 6.42 Å². The first-order valence-electron chi connectivity index (χ1n) is 19.2. The van der Waals surface area contributed by atoms with Crippen LogP contribution in [0, 0.1) is 23.7 Å². The smallest absolute Gasteiger partial charge is 0.326 e. The van der Waals surface area contributed by atoms with Gasteiger partial charge in [0, 0.05) is 13.3 Å². The van der Waals surface area contributed by atoms with Crippen molar-refractivity contribution in [2.75, 3.05) is 0 Å². The van der Waals surface area contributed by atoms with Crippen LogP contribution < -0.4 is 37.2 Å². The van der Waals surface area contributed by atoms with E-state index in [0.29, 0.717) is 6.42 Å². The second-order valence-electron chi connectivity index (χ2n) is 15.0. The third-order valence-corrected chi connectivity index (χ3v) is 9.43. The molecule has 0 saturated heterocycles. The molecule has 0 rings (SSSR count). The molecule has 0 aromatic heterocycles. The minimum Gasteiger partial charge on any atom is -0.481 e. The van der Waals surface area contributed by atoms with E-state index in [1.54, 1.807) is 20.8 Å². The first-order valence-corrected chi connectivity index (χ1v) is 19.2. The largest absolute Gasteiger partial charge is 0.481 e. The number of hydrogen-bond acceptors (Lipinski definition) is 11. The van der Waals surface area contributed by atoms with Gasteiger partial charge in [-0.15, -0.1) is 0 Å². The van der Waals surface area contributed by atoms with Crippen LogP contribution in [0.5, 0.6) is 0 Å². The molecule has 0 heterocycles. The van der Waals surface area contributed by atoms with Gasteiger partial charge in [0.15, 0.2) is 0 Å². The summed E-state index contributed by atoms with van der Waals surface area (Å²) in [5.74, 6) is -15.1. The van der Waals surface area contributed by atoms with Gasteiger partial charge in [-0.05, 0) is 30.1 Å². The van der Waals surface area contributed by atoms with Gasteiger partial charge in [-0.1, -0.05) is 68.2 Å². The van der Waals surface area contributed by atoms with Gasteiger partial charge in [0.05, 0.1) is 12.8 Å². The predicted molar refractivity (Wildman–Crippen MR) is 207 cm³/mol. The highest BCUT2D eigenvalue weighted by Crippen LogP contribution is 2.13. The highest BCUT2D eigenvalue weighted by molar-refractivity contribution is 5.99. The van der Waals surface area contributed by atoms with Crippen LogP contribution in [0.1, 0.15) is 101 Å². The number of nitrogens with one attached hydrogen (secondary N) is 7. The van der Waals surface area contributed by atoms with Crippen molar-refractivity contribution in [3.05, 3.63) is 0 Å². The molecule has 0 aliphatic rings. The summed E-state index contributed by atoms with van der Waals surface area (Å²) in [5, 5.41) is 54.2. The molecule has 22 nitrogen and oxygen atoms in total. The summed E-state index contributed by atoms with van der Waals surface area (Å²) in [6.45, 7) is 13.7. The van der Waals surface area contributed by atoms with Crippen LogP contribution >= 0.6 is 0 Å². The molecule has 22 heteroatoms. The zero-order valence-electron chi connectivity index (χ0n) is 34.9. The van der Waals surface area contributed by atoms with Crippen LogP contribution in [0.4, 0.5) is 0 Å². The van der Waals surface area contributed by atoms with Gasteiger partial charge in [-0.25, -0.2) is 4.79 Å². The maximum Gasteiger partial charge on any atom is 0.326 e. The van der Waals surface area contributed by atoms with Gasteiger partial charge >= 0.3 is 23.9 Å². The van der Waals surface area contributed by atoms with Gasteiger partial charge < -0.3 is 57.6 Å². The van der Waals surface area contributed by atoms with Gasteiger partial charge in [-0.3, -0.25) is 47.9 Å². The fourth-order valence-electron chi connectivity index (χ4n) is 5.52. The number of aliphatic carboxylic acids is 4. The van der Waals surface area contributed by atoms with Crippen molar-refractivity contribution in [2.45, 2.75) is 143 Å². The molecule has 0 spiro atoms. The summed E-state index contributed by atoms with van der Waals surface area (Å²) in [5.41, 5.74) is 0. The molecule has 0 radical (unpaired) electrons. The van der Waals surface area contributed by atoms with E-state index < -0.39 is 157 Å². The number of hydrogen-bond donors (Lipinski definition) is 11. The second kappa shape index (κ2) is 25.5. The SMILES string of the molecule is CC[C@H](C)[C@H](NC(C)=O)C(=O)N[C@@H](CCC(=O)O)C(=O)N[C@H](C(=O)N[C@@H](CC(=O)O)C(=O)N[C@H](C(=O)N[C@@H](CC(=O)O)C(=O)N[C@H](C(=O)O)C(C)C)[C@@H](C)CC)C(C)C. The Labute approximate surface area is 342 Å². The lowest BCUT2D eigenvalue weighted by molar-refractivity contribution is -0.144. The zero-order chi connectivity index (χ0) is 45.9. The van der Waals surface area contributed by atoms with Crippen molar-refractivity contribution in [2.24, 2.45) is 23.7 Å². The lowest BCUT2D eigenvalue weighted by Gasteiger charge is -2.30. The van der Waals surface area contributed by atoms with E-state index in [2.05, 4.69) is 37.2 Å². The minimum absolute atomic E-state index is 0.211. The van der Waals surface area contributed by atoms with Crippen LogP contribution in [0.25, 0.3) is 0 Å². The molecule has 0 aromatic rings. The number of rotatable bonds is 27. The van der Waals surface area contributed by atoms with Crippen molar-refractivity contribution >= 4 is 65.2 Å². The molecule has 0 aliphatic carbocycles. The number of carboxylic acids is 4. The van der Waals surface area contributed by atoms with E-state index in [1.165, 1.54) is 41.5 Å². The first kappa shape index (κ1) is 53.2. The molecular formula is C37H61N7O15. The van der Waals surface area contributed by atoms with Crippen molar-refractivity contribution in [3.8, 4) is 0 Å². The van der Waals surface area contributed by atoms with Crippen molar-refractivity contribution in [1.82, 2.24) is 37.2 Å². The van der Waals surface area contributed by atoms with E-state index >= 15 is 0 Å². The molecule has 59 heavy (non-hydrogen) atoms. The fourth-order valence-corrected chi connectivity index (χ4v) is 5.52. The number of carboxylic acid groups (broad SMARTS) is 4. The normalized spacial score (nSPS) is 15.6. The van der Waals surface area contributed by atoms with Crippen molar-refractivity contribution in [1.29, 1.82) is 0 Å². The van der Waals surface area contributed by atoms with Gasteiger partial charge in [0.2, 0.25) is 41.4 Å². The Morgan fingerprint density at radius 1 is 0.424 bits per heavy atom. The summed E-state index contributed by atoms with van der Waals surface area (Å²) in [6.07, 6.45) is -2.36. The Morgan fingerprint density at radius 3 is 1.10 bits per heavy atom. The summed E-state index contributed by atoms with van der Waals surface area (Å²) < 4.78 is 0. The minimum atomic E-state index is -1.88. The van der Waals surface area contributed by atoms with Gasteiger partial charge in [-0.2, -0.15) is 0 Å². The quantitative estimate of drug-likeness (QED) is 0.0458. The first-order chi connectivity index (χ1) is 27.3. The highest BCUT2D eigenvalue weighted by Gasteiger charge is 2.37. The molecule has 11 N–H and O–H groups in total. The Kier molecular flexibility index (Phi) is 23.0. The Balaban J connectivity index is 6.48. The van der Waals surface area contributed by atoms with Crippen LogP contribution in [-0.4, -0.2) is 128 Å². The van der Waals surface area contributed by atoms with Crippen LogP contribution in [0.3, 0.4) is 0 Å². The lowest BCUT2D eigenvalue weighted by atomic mass is 9.96. The standard InChI is InChI=1S/C37H61N7O15/c1-10-18(7)29(38-20(9)45)35(56)39-21(12-13-24(46)47)31(52)42-27(16(3)4)34(55)40-23(15-26(50)51)33(54)44-30(19(8)11-2)36(57)41-22(14-25(48)49)32(53)43-28(17(5)6)37(58)59/h16-19,21-23,27-30H,10-15H2,1-9H3,(H,38,45)(H,39,56)(H,40,55)(H,41,57)(H,42,52)(H,43,53)(H,44,54)(H,46,47)(H,48,49)(H,50,51)(H,58,59)/t18-,19-,21-,22-,23-,27-,28-,29-,30-/m0/s1. The molecule has 0 bridgehead atoms. The molecular weight excluding hydrogens is 782 g/mol. The van der Waals surface area contributed by atoms with E-state index in [1.807, 2.05) is 0 Å². The highest BCUT2D eigenvalue weighted by atomic mass is 16.4. The van der Waals surface area contributed by atoms with E-state index in [9.17, 15) is 73.2 Å². The summed E-state index contributed by atoms with van der Waals surface area (Å²) in [6, 6.07) is -10.8. The van der Waals surface area contributed by atoms with E-state index in [0.717, 1.165) is 0 Å². The van der Waals surface area contributed by atoms with Gasteiger partial charge in [0.25, 0.3) is 0 Å². The topological polar surface area (TPSA) is 353 Å². The summed E-state index contributed by atoms with van der Waals surface area (Å²) in [4.78, 5) is 139. The molecule has 334 valence electrons. The summed E-state index contributed by atoms with van der Waals surface area (Å²) >= 11 is 0. The van der Waals surface area contributed by atoms with Crippen LogP contribution in [0.2, 0.25) is 0 Å². The average Bonchev–Trinajstić information content (AvgIpc) is 3.12. The number of carbonyl (C=O) groups is 11. The van der Waals surface area contributed by atoms with Crippen LogP contribution in [-0.2, 0) is 52.7 Å². The van der Waals surface area contributed by atoms with Crippen LogP contribution in [0.15, 0.2) is 0 Å². The molecule has 0 unspecified atom stereocenters. The monoisotopic (exact) mass is 843 g/mol. The molecule has 0 aromatic carbocycles. The maximum atomic E-state index is 13.7. The lowest BCUT2D eigenvalue weighted by Crippen LogP contribution is -2.62. The average molecular weight is 844 g/mol. The Bertz CT molecular complexity index is 1550. The maximum absolute atomic E-state index is 13.7. The predicted octanol–water partition coefficient (Wildman–Crippen LogP) is -1.30.